The van der Waals surface area contributed by atoms with E-state index in [2.05, 4.69) is 10.4 Å². The summed E-state index contributed by atoms with van der Waals surface area (Å²) in [5.41, 5.74) is -0.627. The largest absolute Gasteiger partial charge is 0.435 e. The Bertz CT molecular complexity index is 693. The molecule has 0 atom stereocenters. The number of amides is 1. The van der Waals surface area contributed by atoms with Gasteiger partial charge >= 0.3 is 6.18 Å². The number of hydrogen-bond acceptors (Lipinski definition) is 2. The zero-order chi connectivity index (χ0) is 16.5. The molecule has 1 heterocycles. The van der Waals surface area contributed by atoms with Crippen LogP contribution >= 0.6 is 23.2 Å². The normalized spacial score (nSPS) is 11.5. The predicted octanol–water partition coefficient (Wildman–Crippen LogP) is 4.16. The van der Waals surface area contributed by atoms with Gasteiger partial charge in [0, 0.05) is 5.69 Å². The molecule has 0 aliphatic rings. The summed E-state index contributed by atoms with van der Waals surface area (Å²) in [6, 6.07) is 5.54. The van der Waals surface area contributed by atoms with E-state index in [4.69, 9.17) is 23.2 Å². The van der Waals surface area contributed by atoms with E-state index in [1.165, 1.54) is 19.1 Å². The monoisotopic (exact) mass is 351 g/mol. The SMILES string of the molecule is Cc1cc(C(F)(F)F)nn1CC(=O)Nc1c(Cl)cccc1Cl. The molecule has 1 aromatic carbocycles. The zero-order valence-corrected chi connectivity index (χ0v) is 12.7. The molecule has 0 unspecified atom stereocenters. The Balaban J connectivity index is 2.15. The minimum absolute atomic E-state index is 0.205. The standard InChI is InChI=1S/C13H10Cl2F3N3O/c1-7-5-10(13(16,17)18)20-21(7)6-11(22)19-12-8(14)3-2-4-9(12)15/h2-5H,6H2,1H3,(H,19,22). The molecule has 9 heteroatoms. The molecule has 4 nitrogen and oxygen atoms in total. The number of nitrogens with one attached hydrogen (secondary N) is 1. The summed E-state index contributed by atoms with van der Waals surface area (Å²) >= 11 is 11.8. The fourth-order valence-corrected chi connectivity index (χ4v) is 2.23. The lowest BCUT2D eigenvalue weighted by molar-refractivity contribution is -0.141. The number of halogens is 5. The Labute approximate surface area is 133 Å². The highest BCUT2D eigenvalue weighted by molar-refractivity contribution is 6.39. The highest BCUT2D eigenvalue weighted by Crippen LogP contribution is 2.30. The lowest BCUT2D eigenvalue weighted by Gasteiger charge is -2.10. The first-order chi connectivity index (χ1) is 10.2. The van der Waals surface area contributed by atoms with Crippen molar-refractivity contribution in [2.24, 2.45) is 0 Å². The molecule has 1 N–H and O–H groups in total. The summed E-state index contributed by atoms with van der Waals surface area (Å²) in [5.74, 6) is -0.588. The Morgan fingerprint density at radius 2 is 1.91 bits per heavy atom. The Morgan fingerprint density at radius 1 is 1.32 bits per heavy atom. The van der Waals surface area contributed by atoms with E-state index in [1.54, 1.807) is 6.07 Å². The third-order valence-electron chi connectivity index (χ3n) is 2.79. The van der Waals surface area contributed by atoms with Crippen molar-refractivity contribution in [1.82, 2.24) is 9.78 Å². The smallest absolute Gasteiger partial charge is 0.322 e. The maximum atomic E-state index is 12.6. The number of aryl methyl sites for hydroxylation is 1. The van der Waals surface area contributed by atoms with Crippen LogP contribution in [0.15, 0.2) is 24.3 Å². The second-order valence-corrected chi connectivity index (χ2v) is 5.29. The van der Waals surface area contributed by atoms with Crippen molar-refractivity contribution in [2.45, 2.75) is 19.6 Å². The number of hydrogen-bond donors (Lipinski definition) is 1. The first-order valence-electron chi connectivity index (χ1n) is 6.04. The number of aromatic nitrogens is 2. The van der Waals surface area contributed by atoms with Gasteiger partial charge in [-0.1, -0.05) is 29.3 Å². The molecule has 0 bridgehead atoms. The Hall–Kier alpha value is -1.73. The summed E-state index contributed by atoms with van der Waals surface area (Å²) in [6.07, 6.45) is -4.56. The number of benzene rings is 1. The van der Waals surface area contributed by atoms with Crippen molar-refractivity contribution in [3.05, 3.63) is 45.7 Å². The fourth-order valence-electron chi connectivity index (χ4n) is 1.74. The van der Waals surface area contributed by atoms with E-state index in [9.17, 15) is 18.0 Å². The first kappa shape index (κ1) is 16.6. The third-order valence-corrected chi connectivity index (χ3v) is 3.42. The molecule has 118 valence electrons. The van der Waals surface area contributed by atoms with Crippen molar-refractivity contribution < 1.29 is 18.0 Å². The summed E-state index contributed by atoms with van der Waals surface area (Å²) < 4.78 is 38.6. The second-order valence-electron chi connectivity index (χ2n) is 4.47. The van der Waals surface area contributed by atoms with E-state index in [0.29, 0.717) is 0 Å². The number of anilines is 1. The molecule has 0 radical (unpaired) electrons. The average Bonchev–Trinajstić information content (AvgIpc) is 2.76. The molecule has 0 spiro atoms. The van der Waals surface area contributed by atoms with Crippen LogP contribution in [0.5, 0.6) is 0 Å². The highest BCUT2D eigenvalue weighted by Gasteiger charge is 2.34. The van der Waals surface area contributed by atoms with Crippen LogP contribution in [-0.2, 0) is 17.5 Å². The molecule has 0 fully saturated rings. The lowest BCUT2D eigenvalue weighted by Crippen LogP contribution is -2.21. The number of carbonyl (C=O) groups is 1. The molecule has 2 rings (SSSR count). The predicted molar refractivity (Wildman–Crippen MR) is 77.1 cm³/mol. The van der Waals surface area contributed by atoms with Crippen LogP contribution in [0.4, 0.5) is 18.9 Å². The quantitative estimate of drug-likeness (QED) is 0.902. The third kappa shape index (κ3) is 3.72. The summed E-state index contributed by atoms with van der Waals surface area (Å²) in [4.78, 5) is 11.9. The molecule has 22 heavy (non-hydrogen) atoms. The highest BCUT2D eigenvalue weighted by atomic mass is 35.5. The fraction of sp³-hybridized carbons (Fsp3) is 0.231. The second kappa shape index (κ2) is 6.18. The molecule has 0 saturated carbocycles. The van der Waals surface area contributed by atoms with E-state index in [1.807, 2.05) is 0 Å². The van der Waals surface area contributed by atoms with Crippen LogP contribution < -0.4 is 5.32 Å². The van der Waals surface area contributed by atoms with Gasteiger partial charge in [-0.15, -0.1) is 0 Å². The van der Waals surface area contributed by atoms with Crippen molar-refractivity contribution in [2.75, 3.05) is 5.32 Å². The van der Waals surface area contributed by atoms with Crippen LogP contribution in [0.3, 0.4) is 0 Å². The summed E-state index contributed by atoms with van der Waals surface area (Å²) in [6.45, 7) is 1.04. The molecule has 0 saturated heterocycles. The van der Waals surface area contributed by atoms with Gasteiger partial charge in [0.25, 0.3) is 0 Å². The van der Waals surface area contributed by atoms with Gasteiger partial charge in [0.15, 0.2) is 5.69 Å². The van der Waals surface area contributed by atoms with E-state index in [0.717, 1.165) is 10.7 Å². The number of rotatable bonds is 3. The number of alkyl halides is 3. The van der Waals surface area contributed by atoms with Gasteiger partial charge in [-0.25, -0.2) is 0 Å². The molecule has 0 aliphatic heterocycles. The molecule has 1 aromatic heterocycles. The first-order valence-corrected chi connectivity index (χ1v) is 6.79. The molecule has 2 aromatic rings. The lowest BCUT2D eigenvalue weighted by atomic mass is 10.3. The Morgan fingerprint density at radius 3 is 2.41 bits per heavy atom. The number of carbonyl (C=O) groups excluding carboxylic acids is 1. The molecule has 0 aliphatic carbocycles. The molecular formula is C13H10Cl2F3N3O. The van der Waals surface area contributed by atoms with Gasteiger partial charge in [0.2, 0.25) is 5.91 Å². The van der Waals surface area contributed by atoms with Gasteiger partial charge < -0.3 is 5.32 Å². The van der Waals surface area contributed by atoms with E-state index < -0.39 is 17.8 Å². The minimum Gasteiger partial charge on any atom is -0.322 e. The van der Waals surface area contributed by atoms with Crippen molar-refractivity contribution in [3.63, 3.8) is 0 Å². The minimum atomic E-state index is -4.56. The van der Waals surface area contributed by atoms with Crippen LogP contribution in [0.25, 0.3) is 0 Å². The van der Waals surface area contributed by atoms with Gasteiger partial charge in [-0.05, 0) is 25.1 Å². The average molecular weight is 352 g/mol. The van der Waals surface area contributed by atoms with E-state index in [-0.39, 0.29) is 28.0 Å². The number of nitrogens with zero attached hydrogens (tertiary/aromatic N) is 2. The van der Waals surface area contributed by atoms with E-state index >= 15 is 0 Å². The van der Waals surface area contributed by atoms with Gasteiger partial charge in [0.05, 0.1) is 15.7 Å². The van der Waals surface area contributed by atoms with Crippen LogP contribution in [0, 0.1) is 6.92 Å². The van der Waals surface area contributed by atoms with Gasteiger partial charge in [0.1, 0.15) is 6.54 Å². The number of para-hydroxylation sites is 1. The summed E-state index contributed by atoms with van der Waals surface area (Å²) in [7, 11) is 0. The zero-order valence-electron chi connectivity index (χ0n) is 11.2. The van der Waals surface area contributed by atoms with Crippen molar-refractivity contribution in [1.29, 1.82) is 0 Å². The van der Waals surface area contributed by atoms with Crippen LogP contribution in [0.2, 0.25) is 10.0 Å². The molecule has 1 amide bonds. The van der Waals surface area contributed by atoms with Gasteiger partial charge in [-0.3, -0.25) is 9.48 Å². The summed E-state index contributed by atoms with van der Waals surface area (Å²) in [5, 5.41) is 6.29. The van der Waals surface area contributed by atoms with Crippen LogP contribution in [0.1, 0.15) is 11.4 Å². The van der Waals surface area contributed by atoms with Crippen molar-refractivity contribution in [3.8, 4) is 0 Å². The molecular weight excluding hydrogens is 342 g/mol. The topological polar surface area (TPSA) is 46.9 Å². The maximum Gasteiger partial charge on any atom is 0.435 e. The van der Waals surface area contributed by atoms with Gasteiger partial charge in [-0.2, -0.15) is 18.3 Å². The van der Waals surface area contributed by atoms with Crippen molar-refractivity contribution >= 4 is 34.8 Å². The Kier molecular flexibility index (Phi) is 4.67. The maximum absolute atomic E-state index is 12.6. The van der Waals surface area contributed by atoms with Crippen LogP contribution in [-0.4, -0.2) is 15.7 Å².